The molecule has 1 aliphatic rings. The lowest BCUT2D eigenvalue weighted by Crippen LogP contribution is -2.44. The van der Waals surface area contributed by atoms with Crippen LogP contribution in [0.1, 0.15) is 6.42 Å². The maximum Gasteiger partial charge on any atom is 0.305 e. The highest BCUT2D eigenvalue weighted by Crippen LogP contribution is 2.36. The first kappa shape index (κ1) is 15.8. The Morgan fingerprint density at radius 2 is 2.33 bits per heavy atom. The lowest BCUT2D eigenvalue weighted by atomic mass is 10.1. The number of halogens is 2. The zero-order chi connectivity index (χ0) is 15.6. The van der Waals surface area contributed by atoms with Crippen LogP contribution in [0, 0.1) is 15.9 Å². The van der Waals surface area contributed by atoms with E-state index < -0.39 is 22.8 Å². The molecule has 1 N–H and O–H groups in total. The Hall–Kier alpha value is -1.54. The molecule has 0 aromatic heterocycles. The van der Waals surface area contributed by atoms with Crippen molar-refractivity contribution >= 4 is 40.7 Å². The molecule has 1 aliphatic heterocycles. The fourth-order valence-corrected chi connectivity index (χ4v) is 3.47. The number of aliphatic carboxylic acids is 1. The zero-order valence-corrected chi connectivity index (χ0v) is 12.4. The van der Waals surface area contributed by atoms with Crippen molar-refractivity contribution in [1.82, 2.24) is 0 Å². The zero-order valence-electron chi connectivity index (χ0n) is 10.8. The normalized spacial score (nSPS) is 18.6. The number of anilines is 1. The van der Waals surface area contributed by atoms with Gasteiger partial charge in [0.25, 0.3) is 5.69 Å². The second-order valence-electron chi connectivity index (χ2n) is 4.53. The highest BCUT2D eigenvalue weighted by molar-refractivity contribution is 7.99. The molecule has 1 aromatic rings. The van der Waals surface area contributed by atoms with Crippen molar-refractivity contribution in [1.29, 1.82) is 0 Å². The molecule has 114 valence electrons. The van der Waals surface area contributed by atoms with E-state index in [0.717, 1.165) is 12.1 Å². The number of hydrogen-bond donors (Lipinski definition) is 1. The summed E-state index contributed by atoms with van der Waals surface area (Å²) in [6, 6.07) is 1.55. The standard InChI is InChI=1S/C12H12ClFN2O4S/c13-8-4-11(16(19)20)10(5-9(8)14)15-1-2-21-6-7(15)3-12(17)18/h4-5,7H,1-3,6H2,(H,17,18). The second kappa shape index (κ2) is 6.48. The first-order valence-corrected chi connectivity index (χ1v) is 7.63. The Labute approximate surface area is 129 Å². The Morgan fingerprint density at radius 1 is 1.62 bits per heavy atom. The van der Waals surface area contributed by atoms with E-state index in [2.05, 4.69) is 0 Å². The van der Waals surface area contributed by atoms with Crippen molar-refractivity contribution in [2.45, 2.75) is 12.5 Å². The molecule has 9 heteroatoms. The minimum Gasteiger partial charge on any atom is -0.481 e. The van der Waals surface area contributed by atoms with E-state index in [1.807, 2.05) is 0 Å². The van der Waals surface area contributed by atoms with E-state index >= 15 is 0 Å². The van der Waals surface area contributed by atoms with Gasteiger partial charge >= 0.3 is 5.97 Å². The van der Waals surface area contributed by atoms with Crippen LogP contribution in [0.3, 0.4) is 0 Å². The predicted molar refractivity (Wildman–Crippen MR) is 78.8 cm³/mol. The fourth-order valence-electron chi connectivity index (χ4n) is 2.24. The molecule has 1 aromatic carbocycles. The van der Waals surface area contributed by atoms with Crippen LogP contribution in [0.5, 0.6) is 0 Å². The summed E-state index contributed by atoms with van der Waals surface area (Å²) in [7, 11) is 0. The Kier molecular flexibility index (Phi) is 4.89. The number of thioether (sulfide) groups is 1. The largest absolute Gasteiger partial charge is 0.481 e. The van der Waals surface area contributed by atoms with E-state index in [1.165, 1.54) is 0 Å². The maximum atomic E-state index is 13.7. The second-order valence-corrected chi connectivity index (χ2v) is 6.09. The fraction of sp³-hybridized carbons (Fsp3) is 0.417. The van der Waals surface area contributed by atoms with Crippen molar-refractivity contribution in [2.75, 3.05) is 23.0 Å². The van der Waals surface area contributed by atoms with Gasteiger partial charge in [0.05, 0.1) is 16.4 Å². The summed E-state index contributed by atoms with van der Waals surface area (Å²) >= 11 is 7.16. The molecule has 1 atom stereocenters. The van der Waals surface area contributed by atoms with Crippen molar-refractivity contribution in [3.63, 3.8) is 0 Å². The quantitative estimate of drug-likeness (QED) is 0.673. The van der Waals surface area contributed by atoms with Crippen LogP contribution < -0.4 is 4.90 Å². The van der Waals surface area contributed by atoms with Crippen LogP contribution in [0.4, 0.5) is 15.8 Å². The SMILES string of the molecule is O=C(O)CC1CSCCN1c1cc(F)c(Cl)cc1[N+](=O)[O-]. The Balaban J connectivity index is 2.44. The third kappa shape index (κ3) is 3.56. The number of nitro groups is 1. The number of carbonyl (C=O) groups is 1. The molecular formula is C12H12ClFN2O4S. The molecule has 1 saturated heterocycles. The first-order valence-electron chi connectivity index (χ1n) is 6.09. The summed E-state index contributed by atoms with van der Waals surface area (Å²) in [6.07, 6.45) is -0.158. The molecule has 2 rings (SSSR count). The molecule has 21 heavy (non-hydrogen) atoms. The van der Waals surface area contributed by atoms with Crippen LogP contribution in [0.25, 0.3) is 0 Å². The van der Waals surface area contributed by atoms with Gasteiger partial charge in [-0.1, -0.05) is 11.6 Å². The Bertz CT molecular complexity index is 587. The lowest BCUT2D eigenvalue weighted by molar-refractivity contribution is -0.384. The molecule has 1 heterocycles. The average Bonchev–Trinajstić information content (AvgIpc) is 2.41. The number of nitrogens with zero attached hydrogens (tertiary/aromatic N) is 2. The van der Waals surface area contributed by atoms with Gasteiger partial charge < -0.3 is 10.0 Å². The molecule has 0 bridgehead atoms. The van der Waals surface area contributed by atoms with Gasteiger partial charge in [0, 0.05) is 36.2 Å². The summed E-state index contributed by atoms with van der Waals surface area (Å²) in [4.78, 5) is 23.0. The molecule has 1 fully saturated rings. The van der Waals surface area contributed by atoms with E-state index in [4.69, 9.17) is 16.7 Å². The summed E-state index contributed by atoms with van der Waals surface area (Å²) < 4.78 is 13.7. The summed E-state index contributed by atoms with van der Waals surface area (Å²) in [5.41, 5.74) is -0.239. The average molecular weight is 335 g/mol. The number of rotatable bonds is 4. The minimum atomic E-state index is -0.996. The van der Waals surface area contributed by atoms with Gasteiger partial charge in [-0.3, -0.25) is 14.9 Å². The summed E-state index contributed by atoms with van der Waals surface area (Å²) in [6.45, 7) is 0.421. The number of carboxylic acid groups (broad SMARTS) is 1. The number of benzene rings is 1. The van der Waals surface area contributed by atoms with Crippen molar-refractivity contribution in [3.8, 4) is 0 Å². The molecule has 1 unspecified atom stereocenters. The van der Waals surface area contributed by atoms with Gasteiger partial charge in [-0.25, -0.2) is 4.39 Å². The first-order chi connectivity index (χ1) is 9.90. The third-order valence-electron chi connectivity index (χ3n) is 3.16. The van der Waals surface area contributed by atoms with Crippen LogP contribution in [-0.4, -0.2) is 40.1 Å². The molecule has 0 amide bonds. The van der Waals surface area contributed by atoms with Gasteiger partial charge in [-0.15, -0.1) is 0 Å². The molecule has 0 spiro atoms. The van der Waals surface area contributed by atoms with E-state index in [1.54, 1.807) is 16.7 Å². The van der Waals surface area contributed by atoms with E-state index in [0.29, 0.717) is 18.1 Å². The third-order valence-corrected chi connectivity index (χ3v) is 4.54. The molecular weight excluding hydrogens is 323 g/mol. The topological polar surface area (TPSA) is 83.7 Å². The highest BCUT2D eigenvalue weighted by atomic mass is 35.5. The van der Waals surface area contributed by atoms with E-state index in [9.17, 15) is 19.3 Å². The van der Waals surface area contributed by atoms with Crippen LogP contribution in [-0.2, 0) is 4.79 Å². The summed E-state index contributed by atoms with van der Waals surface area (Å²) in [5.74, 6) is -0.542. The molecule has 0 saturated carbocycles. The molecule has 0 aliphatic carbocycles. The van der Waals surface area contributed by atoms with Gasteiger partial charge in [-0.05, 0) is 0 Å². The van der Waals surface area contributed by atoms with Crippen LogP contribution in [0.15, 0.2) is 12.1 Å². The minimum absolute atomic E-state index is 0.0773. The van der Waals surface area contributed by atoms with Crippen molar-refractivity contribution in [2.24, 2.45) is 0 Å². The van der Waals surface area contributed by atoms with Gasteiger partial charge in [-0.2, -0.15) is 11.8 Å². The van der Waals surface area contributed by atoms with Gasteiger partial charge in [0.1, 0.15) is 11.5 Å². The number of nitro benzene ring substituents is 1. The number of hydrogen-bond acceptors (Lipinski definition) is 5. The number of carboxylic acids is 1. The summed E-state index contributed by atoms with van der Waals surface area (Å²) in [5, 5.41) is 19.7. The monoisotopic (exact) mass is 334 g/mol. The molecule has 6 nitrogen and oxygen atoms in total. The van der Waals surface area contributed by atoms with Crippen LogP contribution >= 0.6 is 23.4 Å². The van der Waals surface area contributed by atoms with Gasteiger partial charge in [0.15, 0.2) is 0 Å². The lowest BCUT2D eigenvalue weighted by Gasteiger charge is -2.36. The van der Waals surface area contributed by atoms with Crippen LogP contribution in [0.2, 0.25) is 5.02 Å². The predicted octanol–water partition coefficient (Wildman–Crippen LogP) is 2.78. The van der Waals surface area contributed by atoms with Gasteiger partial charge in [0.2, 0.25) is 0 Å². The van der Waals surface area contributed by atoms with E-state index in [-0.39, 0.29) is 22.8 Å². The smallest absolute Gasteiger partial charge is 0.305 e. The van der Waals surface area contributed by atoms with Crippen molar-refractivity contribution in [3.05, 3.63) is 33.1 Å². The molecule has 0 radical (unpaired) electrons. The Morgan fingerprint density at radius 3 is 2.95 bits per heavy atom. The highest BCUT2D eigenvalue weighted by Gasteiger charge is 2.31. The van der Waals surface area contributed by atoms with Crippen molar-refractivity contribution < 1.29 is 19.2 Å². The maximum absolute atomic E-state index is 13.7.